The lowest BCUT2D eigenvalue weighted by atomic mass is 10.0. The quantitative estimate of drug-likeness (QED) is 0.255. The van der Waals surface area contributed by atoms with E-state index in [2.05, 4.69) is 29.0 Å². The smallest absolute Gasteiger partial charge is 0.415 e. The van der Waals surface area contributed by atoms with Gasteiger partial charge in [-0.15, -0.1) is 0 Å². The summed E-state index contributed by atoms with van der Waals surface area (Å²) in [5.74, 6) is 1.27. The summed E-state index contributed by atoms with van der Waals surface area (Å²) in [6.07, 6.45) is 6.10. The Bertz CT molecular complexity index is 1900. The highest BCUT2D eigenvalue weighted by Gasteiger charge is 2.48. The number of carbonyl (C=O) groups is 2. The first-order valence-electron chi connectivity index (χ1n) is 17.7. The standard InChI is InChI=1S/C20H20N2O4.C19H19N3O4/c1-20(6-7-20)18-5-3-13(9-21-18)12-2-4-14-16(8-12)25-11-15-17(10-23)26-19(24)22(14)15;20-19(5-6-19)17-4-2-12(8-21-17)11-1-3-13-15(7-11)25-10-14-16(9-23)26-18(24)22(13)14/h2-5,8-9,15,17,23H,6-7,10-11H2,1H3;1-4,7-8,14,16,23H,5-6,9-10,20H2/t15-,17-;14-,16-/m00/s1. The minimum Gasteiger partial charge on any atom is -0.489 e. The molecule has 4 fully saturated rings. The number of fused-ring (bicyclic) bond motifs is 6. The van der Waals surface area contributed by atoms with Crippen molar-refractivity contribution in [2.75, 3.05) is 36.2 Å². The van der Waals surface area contributed by atoms with Crippen LogP contribution < -0.4 is 25.0 Å². The predicted molar refractivity (Wildman–Crippen MR) is 189 cm³/mol. The van der Waals surface area contributed by atoms with E-state index < -0.39 is 24.4 Å². The lowest BCUT2D eigenvalue weighted by Crippen LogP contribution is -2.45. The van der Waals surface area contributed by atoms with Crippen molar-refractivity contribution in [3.8, 4) is 33.8 Å². The van der Waals surface area contributed by atoms with Crippen LogP contribution in [-0.4, -0.2) is 83.1 Å². The van der Waals surface area contributed by atoms with E-state index in [9.17, 15) is 19.8 Å². The second kappa shape index (κ2) is 12.2. The van der Waals surface area contributed by atoms with Crippen LogP contribution in [0.3, 0.4) is 0 Å². The molecule has 4 N–H and O–H groups in total. The Morgan fingerprint density at radius 3 is 1.56 bits per heavy atom. The maximum atomic E-state index is 12.2. The van der Waals surface area contributed by atoms with E-state index in [1.165, 1.54) is 12.8 Å². The van der Waals surface area contributed by atoms with Crippen molar-refractivity contribution >= 4 is 23.6 Å². The molecule has 2 saturated carbocycles. The number of aromatic nitrogens is 2. The molecule has 0 bridgehead atoms. The van der Waals surface area contributed by atoms with Gasteiger partial charge in [-0.05, 0) is 73.2 Å². The molecule has 4 aromatic rings. The Balaban J connectivity index is 0.000000138. The number of carbonyl (C=O) groups excluding carboxylic acids is 2. The molecule has 52 heavy (non-hydrogen) atoms. The van der Waals surface area contributed by atoms with Gasteiger partial charge in [-0.3, -0.25) is 19.8 Å². The van der Waals surface area contributed by atoms with Crippen LogP contribution in [0.25, 0.3) is 22.3 Å². The van der Waals surface area contributed by atoms with Crippen LogP contribution in [0.1, 0.15) is 44.0 Å². The van der Waals surface area contributed by atoms with Gasteiger partial charge in [0, 0.05) is 34.6 Å². The molecule has 268 valence electrons. The van der Waals surface area contributed by atoms with E-state index >= 15 is 0 Å². The number of aliphatic hydroxyl groups excluding tert-OH is 2. The maximum Gasteiger partial charge on any atom is 0.415 e. The highest BCUT2D eigenvalue weighted by Crippen LogP contribution is 2.47. The summed E-state index contributed by atoms with van der Waals surface area (Å²) in [5, 5.41) is 18.8. The summed E-state index contributed by atoms with van der Waals surface area (Å²) in [6.45, 7) is 2.42. The molecule has 13 heteroatoms. The fraction of sp³-hybridized carbons (Fsp3) is 0.385. The fourth-order valence-corrected chi connectivity index (χ4v) is 7.35. The molecule has 6 heterocycles. The van der Waals surface area contributed by atoms with Gasteiger partial charge in [0.1, 0.15) is 36.8 Å². The first kappa shape index (κ1) is 32.7. The number of nitrogens with zero attached hydrogens (tertiary/aromatic N) is 4. The number of hydrogen-bond acceptors (Lipinski definition) is 11. The van der Waals surface area contributed by atoms with Gasteiger partial charge in [0.25, 0.3) is 0 Å². The van der Waals surface area contributed by atoms with Crippen molar-refractivity contribution < 1.29 is 38.7 Å². The number of rotatable bonds is 6. The molecule has 2 saturated heterocycles. The molecule has 4 aliphatic heterocycles. The average Bonchev–Trinajstić information content (AvgIpc) is 4.07. The number of ether oxygens (including phenoxy) is 4. The second-order valence-corrected chi connectivity index (χ2v) is 14.7. The van der Waals surface area contributed by atoms with Crippen molar-refractivity contribution in [1.82, 2.24) is 9.97 Å². The van der Waals surface area contributed by atoms with E-state index in [4.69, 9.17) is 24.7 Å². The van der Waals surface area contributed by atoms with Crippen LogP contribution in [-0.2, 0) is 20.4 Å². The van der Waals surface area contributed by atoms with Crippen LogP contribution in [0.5, 0.6) is 11.5 Å². The van der Waals surface area contributed by atoms with Crippen LogP contribution in [0, 0.1) is 0 Å². The summed E-state index contributed by atoms with van der Waals surface area (Å²) >= 11 is 0. The summed E-state index contributed by atoms with van der Waals surface area (Å²) in [7, 11) is 0. The van der Waals surface area contributed by atoms with E-state index in [0.717, 1.165) is 46.5 Å². The van der Waals surface area contributed by atoms with E-state index in [0.29, 0.717) is 36.1 Å². The van der Waals surface area contributed by atoms with Crippen LogP contribution in [0.4, 0.5) is 21.0 Å². The molecule has 2 amide bonds. The fourth-order valence-electron chi connectivity index (χ4n) is 7.35. The maximum absolute atomic E-state index is 12.2. The van der Waals surface area contributed by atoms with E-state index in [1.807, 2.05) is 60.9 Å². The third-order valence-corrected chi connectivity index (χ3v) is 11.1. The van der Waals surface area contributed by atoms with Crippen molar-refractivity contribution in [3.05, 3.63) is 84.4 Å². The average molecular weight is 706 g/mol. The second-order valence-electron chi connectivity index (χ2n) is 14.7. The Morgan fingerprint density at radius 2 is 1.15 bits per heavy atom. The largest absolute Gasteiger partial charge is 0.489 e. The van der Waals surface area contributed by atoms with E-state index in [1.54, 1.807) is 9.80 Å². The molecule has 2 aromatic carbocycles. The van der Waals surface area contributed by atoms with Gasteiger partial charge >= 0.3 is 12.2 Å². The lowest BCUT2D eigenvalue weighted by Gasteiger charge is -2.31. The zero-order chi connectivity index (χ0) is 35.8. The lowest BCUT2D eigenvalue weighted by molar-refractivity contribution is 0.0732. The first-order chi connectivity index (χ1) is 25.2. The highest BCUT2D eigenvalue weighted by molar-refractivity contribution is 5.95. The van der Waals surface area contributed by atoms with Crippen molar-refractivity contribution in [2.24, 2.45) is 5.73 Å². The number of anilines is 2. The van der Waals surface area contributed by atoms with Crippen molar-refractivity contribution in [3.63, 3.8) is 0 Å². The van der Waals surface area contributed by atoms with Crippen molar-refractivity contribution in [1.29, 1.82) is 0 Å². The van der Waals surface area contributed by atoms with Gasteiger partial charge in [-0.25, -0.2) is 9.59 Å². The zero-order valence-corrected chi connectivity index (χ0v) is 28.6. The third kappa shape index (κ3) is 5.51. The summed E-state index contributed by atoms with van der Waals surface area (Å²) < 4.78 is 22.1. The number of amides is 2. The van der Waals surface area contributed by atoms with E-state index in [-0.39, 0.29) is 36.3 Å². The number of hydrogen-bond donors (Lipinski definition) is 3. The van der Waals surface area contributed by atoms with Gasteiger partial charge in [-0.2, -0.15) is 0 Å². The van der Waals surface area contributed by atoms with Crippen LogP contribution in [0.15, 0.2) is 73.1 Å². The number of pyridine rings is 2. The molecule has 10 rings (SSSR count). The van der Waals surface area contributed by atoms with Gasteiger partial charge in [0.2, 0.25) is 0 Å². The monoisotopic (exact) mass is 705 g/mol. The topological polar surface area (TPSA) is 170 Å². The molecule has 2 aliphatic carbocycles. The molecule has 4 atom stereocenters. The Kier molecular flexibility index (Phi) is 7.65. The SMILES string of the molecule is CC1(c2ccc(-c3ccc4c(c3)OC[C@H]3[C@H](CO)OC(=O)N43)cn2)CC1.NC1(c2ccc(-c3ccc4c(c3)OC[C@H]3[C@H](CO)OC(=O)N43)cn2)CC1. The molecule has 13 nitrogen and oxygen atoms in total. The predicted octanol–water partition coefficient (Wildman–Crippen LogP) is 4.65. The Hall–Kier alpha value is -5.24. The van der Waals surface area contributed by atoms with Crippen molar-refractivity contribution in [2.45, 2.75) is 67.9 Å². The highest BCUT2D eigenvalue weighted by atomic mass is 16.6. The molecule has 0 radical (unpaired) electrons. The molecule has 6 aliphatic rings. The molecule has 0 unspecified atom stereocenters. The van der Waals surface area contributed by atoms with Gasteiger partial charge in [-0.1, -0.05) is 31.2 Å². The minimum atomic E-state index is -0.557. The Labute approximate surface area is 299 Å². The van der Waals surface area contributed by atoms with Crippen LogP contribution in [0.2, 0.25) is 0 Å². The number of nitrogens with two attached hydrogens (primary N) is 1. The van der Waals surface area contributed by atoms with Gasteiger partial charge < -0.3 is 34.9 Å². The minimum absolute atomic E-state index is 0.208. The number of aliphatic hydroxyl groups is 2. The summed E-state index contributed by atoms with van der Waals surface area (Å²) in [6, 6.07) is 19.0. The molecule has 0 spiro atoms. The summed E-state index contributed by atoms with van der Waals surface area (Å²) in [4.78, 5) is 36.6. The molecule has 2 aromatic heterocycles. The van der Waals surface area contributed by atoms with Gasteiger partial charge in [0.15, 0.2) is 12.2 Å². The number of benzene rings is 2. The Morgan fingerprint density at radius 1 is 0.692 bits per heavy atom. The van der Waals surface area contributed by atoms with Crippen LogP contribution >= 0.6 is 0 Å². The number of cyclic esters (lactones) is 2. The first-order valence-corrected chi connectivity index (χ1v) is 17.7. The summed E-state index contributed by atoms with van der Waals surface area (Å²) in [5.41, 5.74) is 13.5. The zero-order valence-electron chi connectivity index (χ0n) is 28.6. The van der Waals surface area contributed by atoms with Gasteiger partial charge in [0.05, 0.1) is 35.8 Å². The molecular formula is C39H39N5O8. The molecular weight excluding hydrogens is 666 g/mol. The normalized spacial score (nSPS) is 25.2. The third-order valence-electron chi connectivity index (χ3n) is 11.1.